The van der Waals surface area contributed by atoms with Crippen LogP contribution in [0.25, 0.3) is 11.0 Å². The number of nitrogens with one attached hydrogen (secondary N) is 1. The fourth-order valence-electron chi connectivity index (χ4n) is 2.25. The topological polar surface area (TPSA) is 82.7 Å². The standard InChI is InChI=1S/C14H21N7/c1-5-16-13-11-7-17-21(4)14(11)19-12(18-13)9-20(3)8-10(2)6-15/h7,10H,5,8-9H2,1-4H3,(H,16,18,19). The van der Waals surface area contributed by atoms with Crippen LogP contribution < -0.4 is 5.32 Å². The van der Waals surface area contributed by atoms with Gasteiger partial charge in [-0.3, -0.25) is 9.58 Å². The highest BCUT2D eigenvalue weighted by molar-refractivity contribution is 5.86. The average molecular weight is 287 g/mol. The van der Waals surface area contributed by atoms with Gasteiger partial charge in [-0.25, -0.2) is 9.97 Å². The number of hydrogen-bond donors (Lipinski definition) is 1. The highest BCUT2D eigenvalue weighted by atomic mass is 15.3. The number of fused-ring (bicyclic) bond motifs is 1. The van der Waals surface area contributed by atoms with Crippen LogP contribution in [-0.4, -0.2) is 44.8 Å². The van der Waals surface area contributed by atoms with Crippen molar-refractivity contribution < 1.29 is 0 Å². The zero-order valence-corrected chi connectivity index (χ0v) is 13.0. The summed E-state index contributed by atoms with van der Waals surface area (Å²) < 4.78 is 1.75. The van der Waals surface area contributed by atoms with Gasteiger partial charge in [0.2, 0.25) is 0 Å². The minimum absolute atomic E-state index is 0.0105. The summed E-state index contributed by atoms with van der Waals surface area (Å²) in [6, 6.07) is 2.24. The smallest absolute Gasteiger partial charge is 0.163 e. The molecule has 2 rings (SSSR count). The summed E-state index contributed by atoms with van der Waals surface area (Å²) >= 11 is 0. The maximum absolute atomic E-state index is 8.88. The molecule has 7 nitrogen and oxygen atoms in total. The van der Waals surface area contributed by atoms with Crippen molar-refractivity contribution in [1.82, 2.24) is 24.6 Å². The van der Waals surface area contributed by atoms with E-state index in [1.807, 2.05) is 27.9 Å². The summed E-state index contributed by atoms with van der Waals surface area (Å²) in [5, 5.41) is 17.3. The fourth-order valence-corrected chi connectivity index (χ4v) is 2.25. The number of anilines is 1. The Balaban J connectivity index is 2.27. The van der Waals surface area contributed by atoms with Crippen molar-refractivity contribution in [3.05, 3.63) is 12.0 Å². The molecule has 1 N–H and O–H groups in total. The molecule has 0 spiro atoms. The molecule has 1 unspecified atom stereocenters. The van der Waals surface area contributed by atoms with Crippen molar-refractivity contribution in [3.63, 3.8) is 0 Å². The summed E-state index contributed by atoms with van der Waals surface area (Å²) in [5.41, 5.74) is 0.817. The highest BCUT2D eigenvalue weighted by Crippen LogP contribution is 2.19. The maximum atomic E-state index is 8.88. The second-order valence-electron chi connectivity index (χ2n) is 5.25. The zero-order chi connectivity index (χ0) is 15.4. The lowest BCUT2D eigenvalue weighted by Crippen LogP contribution is -2.24. The van der Waals surface area contributed by atoms with Gasteiger partial charge in [-0.2, -0.15) is 10.4 Å². The van der Waals surface area contributed by atoms with E-state index in [1.165, 1.54) is 0 Å². The predicted octanol–water partition coefficient (Wildman–Crippen LogP) is 1.39. The molecule has 0 bridgehead atoms. The minimum Gasteiger partial charge on any atom is -0.370 e. The van der Waals surface area contributed by atoms with E-state index in [4.69, 9.17) is 5.26 Å². The molecule has 0 aliphatic rings. The van der Waals surface area contributed by atoms with Gasteiger partial charge >= 0.3 is 0 Å². The monoisotopic (exact) mass is 287 g/mol. The molecule has 0 aliphatic heterocycles. The van der Waals surface area contributed by atoms with E-state index in [9.17, 15) is 0 Å². The average Bonchev–Trinajstić information content (AvgIpc) is 2.81. The van der Waals surface area contributed by atoms with Crippen LogP contribution in [0, 0.1) is 17.2 Å². The van der Waals surface area contributed by atoms with Gasteiger partial charge in [-0.1, -0.05) is 0 Å². The molecule has 0 aromatic carbocycles. The molecule has 2 heterocycles. The van der Waals surface area contributed by atoms with Gasteiger partial charge in [0.1, 0.15) is 11.6 Å². The molecule has 112 valence electrons. The number of aryl methyl sites for hydroxylation is 1. The van der Waals surface area contributed by atoms with Crippen LogP contribution in [-0.2, 0) is 13.6 Å². The molecule has 1 atom stereocenters. The Labute approximate surface area is 124 Å². The van der Waals surface area contributed by atoms with E-state index in [-0.39, 0.29) is 5.92 Å². The van der Waals surface area contributed by atoms with Crippen LogP contribution in [0.1, 0.15) is 19.7 Å². The Morgan fingerprint density at radius 1 is 1.48 bits per heavy atom. The summed E-state index contributed by atoms with van der Waals surface area (Å²) in [6.07, 6.45) is 1.78. The van der Waals surface area contributed by atoms with Crippen molar-refractivity contribution in [1.29, 1.82) is 5.26 Å². The number of hydrogen-bond acceptors (Lipinski definition) is 6. The maximum Gasteiger partial charge on any atom is 0.163 e. The first-order valence-corrected chi connectivity index (χ1v) is 7.05. The van der Waals surface area contributed by atoms with E-state index < -0.39 is 0 Å². The third-order valence-electron chi connectivity index (χ3n) is 3.20. The summed E-state index contributed by atoms with van der Waals surface area (Å²) in [5.74, 6) is 1.53. The molecule has 0 radical (unpaired) electrons. The van der Waals surface area contributed by atoms with Crippen molar-refractivity contribution in [2.24, 2.45) is 13.0 Å². The van der Waals surface area contributed by atoms with E-state index in [1.54, 1.807) is 10.9 Å². The van der Waals surface area contributed by atoms with Crippen LogP contribution in [0.5, 0.6) is 0 Å². The molecule has 7 heteroatoms. The van der Waals surface area contributed by atoms with E-state index in [0.717, 1.165) is 29.2 Å². The first kappa shape index (κ1) is 15.2. The largest absolute Gasteiger partial charge is 0.370 e. The Bertz CT molecular complexity index is 655. The highest BCUT2D eigenvalue weighted by Gasteiger charge is 2.13. The van der Waals surface area contributed by atoms with Crippen LogP contribution >= 0.6 is 0 Å². The molecule has 0 amide bonds. The molecule has 21 heavy (non-hydrogen) atoms. The SMILES string of the molecule is CCNc1nc(CN(C)CC(C)C#N)nc2c1cnn2C. The van der Waals surface area contributed by atoms with Gasteiger partial charge in [0.25, 0.3) is 0 Å². The summed E-state index contributed by atoms with van der Waals surface area (Å²) in [4.78, 5) is 11.2. The third-order valence-corrected chi connectivity index (χ3v) is 3.20. The third kappa shape index (κ3) is 3.47. The van der Waals surface area contributed by atoms with E-state index in [0.29, 0.717) is 13.1 Å². The first-order valence-electron chi connectivity index (χ1n) is 7.05. The van der Waals surface area contributed by atoms with E-state index in [2.05, 4.69) is 31.4 Å². The van der Waals surface area contributed by atoms with Crippen LogP contribution in [0.3, 0.4) is 0 Å². The molecule has 2 aromatic rings. The molecule has 0 saturated carbocycles. The molecule has 0 aliphatic carbocycles. The zero-order valence-electron chi connectivity index (χ0n) is 13.0. The second kappa shape index (κ2) is 6.50. The van der Waals surface area contributed by atoms with Gasteiger partial charge in [0.05, 0.1) is 30.1 Å². The quantitative estimate of drug-likeness (QED) is 0.864. The number of nitriles is 1. The van der Waals surface area contributed by atoms with Gasteiger partial charge in [-0.15, -0.1) is 0 Å². The number of rotatable bonds is 6. The Hall–Kier alpha value is -2.20. The van der Waals surface area contributed by atoms with Gasteiger partial charge in [0, 0.05) is 20.1 Å². The van der Waals surface area contributed by atoms with Crippen molar-refractivity contribution in [3.8, 4) is 6.07 Å². The Kier molecular flexibility index (Phi) is 4.70. The Morgan fingerprint density at radius 3 is 2.90 bits per heavy atom. The van der Waals surface area contributed by atoms with Gasteiger partial charge < -0.3 is 5.32 Å². The van der Waals surface area contributed by atoms with Crippen molar-refractivity contribution in [2.45, 2.75) is 20.4 Å². The van der Waals surface area contributed by atoms with Crippen molar-refractivity contribution in [2.75, 3.05) is 25.5 Å². The summed E-state index contributed by atoms with van der Waals surface area (Å²) in [6.45, 7) is 6.03. The fraction of sp³-hybridized carbons (Fsp3) is 0.571. The van der Waals surface area contributed by atoms with Gasteiger partial charge in [0.15, 0.2) is 5.65 Å². The number of aromatic nitrogens is 4. The molecule has 0 saturated heterocycles. The lowest BCUT2D eigenvalue weighted by molar-refractivity contribution is 0.296. The van der Waals surface area contributed by atoms with Crippen molar-refractivity contribution >= 4 is 16.9 Å². The molecular formula is C14H21N7. The lowest BCUT2D eigenvalue weighted by atomic mass is 10.2. The van der Waals surface area contributed by atoms with Crippen LogP contribution in [0.2, 0.25) is 0 Å². The van der Waals surface area contributed by atoms with E-state index >= 15 is 0 Å². The molecule has 0 fully saturated rings. The van der Waals surface area contributed by atoms with Crippen LogP contribution in [0.4, 0.5) is 5.82 Å². The van der Waals surface area contributed by atoms with Gasteiger partial charge in [-0.05, 0) is 20.9 Å². The predicted molar refractivity (Wildman–Crippen MR) is 81.6 cm³/mol. The number of nitrogens with zero attached hydrogens (tertiary/aromatic N) is 6. The normalized spacial score (nSPS) is 12.6. The molecule has 2 aromatic heterocycles. The second-order valence-corrected chi connectivity index (χ2v) is 5.25. The van der Waals surface area contributed by atoms with Crippen LogP contribution in [0.15, 0.2) is 6.20 Å². The minimum atomic E-state index is -0.0105. The Morgan fingerprint density at radius 2 is 2.24 bits per heavy atom. The molecular weight excluding hydrogens is 266 g/mol. The first-order chi connectivity index (χ1) is 10.0. The summed E-state index contributed by atoms with van der Waals surface area (Å²) in [7, 11) is 3.84. The lowest BCUT2D eigenvalue weighted by Gasteiger charge is -2.17.